The van der Waals surface area contributed by atoms with Crippen molar-refractivity contribution in [3.8, 4) is 11.5 Å². The van der Waals surface area contributed by atoms with Crippen molar-refractivity contribution in [1.29, 1.82) is 0 Å². The number of phenols is 2. The monoisotopic (exact) mass is 350 g/mol. The molecule has 8 heteroatoms. The molecule has 0 spiro atoms. The Labute approximate surface area is 145 Å². The highest BCUT2D eigenvalue weighted by atomic mass is 32.2. The van der Waals surface area contributed by atoms with Crippen LogP contribution in [0.5, 0.6) is 11.5 Å². The van der Waals surface area contributed by atoms with Crippen LogP contribution in [-0.2, 0) is 11.2 Å². The standard InChI is InChI=1S/C16H22N4O3S/c1-16(2,3)13-17-14(20(18-13)15(23)19(4)5)24-9-10-8-11(21)6-7-12(10)22/h6-8,21-22H,9H2,1-5H3. The molecule has 0 radical (unpaired) electrons. The smallest absolute Gasteiger partial charge is 0.346 e. The van der Waals surface area contributed by atoms with Gasteiger partial charge >= 0.3 is 6.03 Å². The highest BCUT2D eigenvalue weighted by molar-refractivity contribution is 7.98. The molecule has 130 valence electrons. The second-order valence-electron chi connectivity index (χ2n) is 6.66. The second kappa shape index (κ2) is 6.72. The van der Waals surface area contributed by atoms with Gasteiger partial charge in [0.2, 0.25) is 0 Å². The molecule has 1 aromatic carbocycles. The number of nitrogens with zero attached hydrogens (tertiary/aromatic N) is 4. The summed E-state index contributed by atoms with van der Waals surface area (Å²) in [7, 11) is 3.30. The summed E-state index contributed by atoms with van der Waals surface area (Å²) < 4.78 is 1.27. The van der Waals surface area contributed by atoms with Gasteiger partial charge in [-0.1, -0.05) is 32.5 Å². The van der Waals surface area contributed by atoms with Crippen molar-refractivity contribution in [1.82, 2.24) is 19.7 Å². The SMILES string of the molecule is CN(C)C(=O)n1nc(C(C)(C)C)nc1SCc1cc(O)ccc1O. The third kappa shape index (κ3) is 4.00. The molecule has 0 aliphatic heterocycles. The lowest BCUT2D eigenvalue weighted by Gasteiger charge is -2.13. The quantitative estimate of drug-likeness (QED) is 0.653. The topological polar surface area (TPSA) is 91.5 Å². The average Bonchev–Trinajstić information content (AvgIpc) is 2.91. The molecule has 1 heterocycles. The van der Waals surface area contributed by atoms with Crippen LogP contribution in [0.2, 0.25) is 0 Å². The highest BCUT2D eigenvalue weighted by Gasteiger charge is 2.25. The Morgan fingerprint density at radius 3 is 2.54 bits per heavy atom. The number of carbonyl (C=O) groups is 1. The second-order valence-corrected chi connectivity index (χ2v) is 7.60. The summed E-state index contributed by atoms with van der Waals surface area (Å²) in [5.41, 5.74) is 0.268. The van der Waals surface area contributed by atoms with Crippen molar-refractivity contribution < 1.29 is 15.0 Å². The summed E-state index contributed by atoms with van der Waals surface area (Å²) >= 11 is 1.28. The van der Waals surface area contributed by atoms with Crippen molar-refractivity contribution in [3.05, 3.63) is 29.6 Å². The normalized spacial score (nSPS) is 11.5. The Morgan fingerprint density at radius 1 is 1.29 bits per heavy atom. The predicted octanol–water partition coefficient (Wildman–Crippen LogP) is 2.81. The van der Waals surface area contributed by atoms with Crippen LogP contribution in [0.25, 0.3) is 0 Å². The lowest BCUT2D eigenvalue weighted by molar-refractivity contribution is 0.213. The van der Waals surface area contributed by atoms with Crippen LogP contribution in [0.1, 0.15) is 32.2 Å². The van der Waals surface area contributed by atoms with E-state index >= 15 is 0 Å². The van der Waals surface area contributed by atoms with Crippen LogP contribution >= 0.6 is 11.8 Å². The maximum Gasteiger partial charge on any atom is 0.346 e. The fourth-order valence-electron chi connectivity index (χ4n) is 1.85. The van der Waals surface area contributed by atoms with E-state index in [9.17, 15) is 15.0 Å². The van der Waals surface area contributed by atoms with E-state index in [2.05, 4.69) is 10.1 Å². The Balaban J connectivity index is 2.32. The van der Waals surface area contributed by atoms with Gasteiger partial charge in [-0.15, -0.1) is 5.10 Å². The van der Waals surface area contributed by atoms with Gasteiger partial charge in [0.1, 0.15) is 11.5 Å². The number of aromatic nitrogens is 3. The predicted molar refractivity (Wildman–Crippen MR) is 92.5 cm³/mol. The lowest BCUT2D eigenvalue weighted by atomic mass is 9.96. The minimum atomic E-state index is -0.291. The van der Waals surface area contributed by atoms with E-state index in [1.54, 1.807) is 14.1 Å². The molecule has 1 aromatic heterocycles. The molecule has 0 bridgehead atoms. The summed E-state index contributed by atoms with van der Waals surface area (Å²) in [5.74, 6) is 1.08. The van der Waals surface area contributed by atoms with Crippen LogP contribution in [0.15, 0.2) is 23.4 Å². The highest BCUT2D eigenvalue weighted by Crippen LogP contribution is 2.30. The van der Waals surface area contributed by atoms with Crippen LogP contribution in [0.4, 0.5) is 4.79 Å². The van der Waals surface area contributed by atoms with Crippen LogP contribution in [-0.4, -0.2) is 50.0 Å². The first-order chi connectivity index (χ1) is 11.1. The zero-order valence-electron chi connectivity index (χ0n) is 14.4. The average molecular weight is 350 g/mol. The molecule has 0 aliphatic rings. The molecular formula is C16H22N4O3S. The summed E-state index contributed by atoms with van der Waals surface area (Å²) in [4.78, 5) is 18.2. The maximum absolute atomic E-state index is 12.3. The molecule has 0 saturated heterocycles. The van der Waals surface area contributed by atoms with Crippen molar-refractivity contribution in [2.45, 2.75) is 37.1 Å². The van der Waals surface area contributed by atoms with E-state index in [0.29, 0.717) is 22.3 Å². The number of hydrogen-bond acceptors (Lipinski definition) is 6. The molecule has 7 nitrogen and oxygen atoms in total. The number of rotatable bonds is 3. The Hall–Kier alpha value is -2.22. The Bertz CT molecular complexity index is 750. The van der Waals surface area contributed by atoms with Crippen molar-refractivity contribution >= 4 is 17.8 Å². The largest absolute Gasteiger partial charge is 0.508 e. The van der Waals surface area contributed by atoms with Gasteiger partial charge in [0.25, 0.3) is 0 Å². The van der Waals surface area contributed by atoms with Gasteiger partial charge < -0.3 is 15.1 Å². The van der Waals surface area contributed by atoms with Crippen LogP contribution in [0.3, 0.4) is 0 Å². The van der Waals surface area contributed by atoms with E-state index in [-0.39, 0.29) is 22.9 Å². The molecule has 24 heavy (non-hydrogen) atoms. The number of hydrogen-bond donors (Lipinski definition) is 2. The van der Waals surface area contributed by atoms with Crippen LogP contribution in [0, 0.1) is 0 Å². The van der Waals surface area contributed by atoms with E-state index in [1.807, 2.05) is 20.8 Å². The fourth-order valence-corrected chi connectivity index (χ4v) is 2.76. The molecule has 2 N–H and O–H groups in total. The van der Waals surface area contributed by atoms with Gasteiger partial charge in [-0.05, 0) is 18.2 Å². The molecular weight excluding hydrogens is 328 g/mol. The summed E-state index contributed by atoms with van der Waals surface area (Å²) in [6, 6.07) is 4.04. The molecule has 2 rings (SSSR count). The van der Waals surface area contributed by atoms with Gasteiger partial charge in [0.15, 0.2) is 11.0 Å². The van der Waals surface area contributed by atoms with E-state index in [4.69, 9.17) is 0 Å². The molecule has 0 unspecified atom stereocenters. The van der Waals surface area contributed by atoms with Crippen LogP contribution < -0.4 is 0 Å². The van der Waals surface area contributed by atoms with Gasteiger partial charge in [0.05, 0.1) is 0 Å². The molecule has 0 fully saturated rings. The summed E-state index contributed by atoms with van der Waals surface area (Å²) in [5, 5.41) is 24.2. The number of phenolic OH excluding ortho intramolecular Hbond substituents is 2. The number of thioether (sulfide) groups is 1. The summed E-state index contributed by atoms with van der Waals surface area (Å²) in [6.45, 7) is 5.92. The maximum atomic E-state index is 12.3. The Kier molecular flexibility index (Phi) is 5.08. The van der Waals surface area contributed by atoms with Gasteiger partial charge in [-0.3, -0.25) is 0 Å². The zero-order valence-corrected chi connectivity index (χ0v) is 15.3. The van der Waals surface area contributed by atoms with Crippen molar-refractivity contribution in [2.75, 3.05) is 14.1 Å². The molecule has 0 atom stereocenters. The first kappa shape index (κ1) is 18.1. The molecule has 1 amide bonds. The molecule has 0 saturated carbocycles. The third-order valence-corrected chi connectivity index (χ3v) is 4.21. The minimum Gasteiger partial charge on any atom is -0.508 e. The van der Waals surface area contributed by atoms with E-state index < -0.39 is 0 Å². The van der Waals surface area contributed by atoms with E-state index in [0.717, 1.165) is 0 Å². The van der Waals surface area contributed by atoms with Crippen molar-refractivity contribution in [2.24, 2.45) is 0 Å². The first-order valence-corrected chi connectivity index (χ1v) is 8.41. The number of aromatic hydroxyl groups is 2. The van der Waals surface area contributed by atoms with Gasteiger partial charge in [-0.2, -0.15) is 4.68 Å². The fraction of sp³-hybridized carbons (Fsp3) is 0.438. The molecule has 2 aromatic rings. The van der Waals surface area contributed by atoms with E-state index in [1.165, 1.54) is 39.5 Å². The third-order valence-electron chi connectivity index (χ3n) is 3.23. The number of amides is 1. The zero-order chi connectivity index (χ0) is 18.1. The summed E-state index contributed by atoms with van der Waals surface area (Å²) in [6.07, 6.45) is 0. The number of benzene rings is 1. The Morgan fingerprint density at radius 2 is 1.96 bits per heavy atom. The lowest BCUT2D eigenvalue weighted by Crippen LogP contribution is -2.29. The first-order valence-electron chi connectivity index (χ1n) is 7.42. The minimum absolute atomic E-state index is 0.0737. The number of carbonyl (C=O) groups excluding carboxylic acids is 1. The van der Waals surface area contributed by atoms with Crippen molar-refractivity contribution in [3.63, 3.8) is 0 Å². The van der Waals surface area contributed by atoms with Gasteiger partial charge in [0, 0.05) is 30.8 Å². The molecule has 0 aliphatic carbocycles. The van der Waals surface area contributed by atoms with Gasteiger partial charge in [-0.25, -0.2) is 9.78 Å².